The van der Waals surface area contributed by atoms with Crippen LogP contribution in [0.15, 0.2) is 24.4 Å². The van der Waals surface area contributed by atoms with Crippen molar-refractivity contribution in [2.45, 2.75) is 64.0 Å². The average Bonchev–Trinajstić information content (AvgIpc) is 3.44. The van der Waals surface area contributed by atoms with Gasteiger partial charge in [0, 0.05) is 48.9 Å². The number of nitrogens with zero attached hydrogens (tertiary/aromatic N) is 4. The molecule has 7 nitrogen and oxygen atoms in total. The summed E-state index contributed by atoms with van der Waals surface area (Å²) in [4.78, 5) is 20.8. The van der Waals surface area contributed by atoms with Gasteiger partial charge in [0.15, 0.2) is 6.61 Å². The number of benzene rings is 1. The van der Waals surface area contributed by atoms with Crippen LogP contribution in [0.2, 0.25) is 0 Å². The predicted molar refractivity (Wildman–Crippen MR) is 136 cm³/mol. The number of thiazole rings is 1. The Morgan fingerprint density at radius 3 is 2.86 bits per heavy atom. The average molecular weight is 518 g/mol. The normalized spacial score (nSPS) is 20.9. The number of nitrogens with one attached hydrogen (secondary N) is 1. The minimum Gasteiger partial charge on any atom is -0.464 e. The number of fused-ring (bicyclic) bond motifs is 2. The van der Waals surface area contributed by atoms with Gasteiger partial charge in [-0.15, -0.1) is 0 Å². The molecule has 1 aliphatic heterocycles. The molecule has 0 unspecified atom stereocenters. The van der Waals surface area contributed by atoms with Crippen molar-refractivity contribution >= 4 is 28.1 Å². The van der Waals surface area contributed by atoms with Gasteiger partial charge in [-0.3, -0.25) is 14.4 Å². The first-order valence-electron chi connectivity index (χ1n) is 12.7. The van der Waals surface area contributed by atoms with Crippen LogP contribution in [0.3, 0.4) is 0 Å². The fourth-order valence-electron chi connectivity index (χ4n) is 5.18. The number of aromatic nitrogens is 3. The molecular formula is C26H33F2N5O2S. The van der Waals surface area contributed by atoms with Crippen molar-refractivity contribution in [3.63, 3.8) is 0 Å². The van der Waals surface area contributed by atoms with E-state index in [1.807, 2.05) is 25.2 Å². The van der Waals surface area contributed by atoms with Crippen LogP contribution < -0.4 is 10.1 Å². The molecule has 1 aromatic carbocycles. The molecule has 3 aromatic rings. The van der Waals surface area contributed by atoms with Gasteiger partial charge in [-0.2, -0.15) is 5.10 Å². The summed E-state index contributed by atoms with van der Waals surface area (Å²) in [6, 6.07) is 5.94. The van der Waals surface area contributed by atoms with Crippen LogP contribution in [0.1, 0.15) is 60.0 Å². The predicted octanol–water partition coefficient (Wildman–Crippen LogP) is 4.80. The van der Waals surface area contributed by atoms with Crippen molar-refractivity contribution < 1.29 is 18.3 Å². The van der Waals surface area contributed by atoms with Gasteiger partial charge in [0.05, 0.1) is 17.4 Å². The molecular weight excluding hydrogens is 484 g/mol. The van der Waals surface area contributed by atoms with E-state index in [9.17, 15) is 13.6 Å². The molecule has 0 bridgehead atoms. The monoisotopic (exact) mass is 517 g/mol. The molecule has 194 valence electrons. The van der Waals surface area contributed by atoms with Crippen LogP contribution in [0.5, 0.6) is 5.19 Å². The molecule has 2 aliphatic rings. The summed E-state index contributed by atoms with van der Waals surface area (Å²) in [7, 11) is 1.88. The largest absolute Gasteiger partial charge is 0.464 e. The summed E-state index contributed by atoms with van der Waals surface area (Å²) in [5, 5.41) is 8.86. The second-order valence-corrected chi connectivity index (χ2v) is 11.3. The Balaban J connectivity index is 1.05. The molecule has 0 atom stereocenters. The minimum absolute atomic E-state index is 0.0139. The molecule has 3 heterocycles. The fourth-order valence-corrected chi connectivity index (χ4v) is 6.09. The Morgan fingerprint density at radius 2 is 2.08 bits per heavy atom. The zero-order chi connectivity index (χ0) is 25.3. The van der Waals surface area contributed by atoms with Crippen molar-refractivity contribution in [3.8, 4) is 5.19 Å². The summed E-state index contributed by atoms with van der Waals surface area (Å²) in [5.41, 5.74) is 2.60. The molecule has 0 radical (unpaired) electrons. The number of carbonyl (C=O) groups is 1. The third-order valence-electron chi connectivity index (χ3n) is 7.28. The summed E-state index contributed by atoms with van der Waals surface area (Å²) in [6.07, 6.45) is 8.06. The second kappa shape index (κ2) is 10.4. The first-order valence-corrected chi connectivity index (χ1v) is 13.5. The topological polar surface area (TPSA) is 72.3 Å². The Hall–Kier alpha value is -2.59. The lowest BCUT2D eigenvalue weighted by atomic mass is 9.84. The van der Waals surface area contributed by atoms with Gasteiger partial charge in [-0.25, -0.2) is 13.8 Å². The molecule has 1 fully saturated rings. The maximum absolute atomic E-state index is 13.1. The molecule has 1 saturated carbocycles. The van der Waals surface area contributed by atoms with Gasteiger partial charge in [0.25, 0.3) is 17.0 Å². The first kappa shape index (κ1) is 25.1. The maximum atomic E-state index is 13.1. The maximum Gasteiger partial charge on any atom is 0.278 e. The van der Waals surface area contributed by atoms with E-state index in [0.717, 1.165) is 86.6 Å². The van der Waals surface area contributed by atoms with Gasteiger partial charge in [-0.05, 0) is 63.1 Å². The summed E-state index contributed by atoms with van der Waals surface area (Å²) in [6.45, 7) is 2.94. The third kappa shape index (κ3) is 6.03. The molecule has 1 N–H and O–H groups in total. The lowest BCUT2D eigenvalue weighted by Gasteiger charge is -2.32. The van der Waals surface area contributed by atoms with Crippen LogP contribution in [-0.4, -0.2) is 57.2 Å². The number of hydrogen-bond acceptors (Lipinski definition) is 6. The van der Waals surface area contributed by atoms with Gasteiger partial charge in [0.2, 0.25) is 0 Å². The quantitative estimate of drug-likeness (QED) is 0.465. The molecule has 0 saturated heterocycles. The Kier molecular flexibility index (Phi) is 7.25. The highest BCUT2D eigenvalue weighted by atomic mass is 32.1. The van der Waals surface area contributed by atoms with E-state index in [-0.39, 0.29) is 11.9 Å². The van der Waals surface area contributed by atoms with Crippen molar-refractivity contribution in [1.29, 1.82) is 0 Å². The van der Waals surface area contributed by atoms with E-state index in [2.05, 4.69) is 20.3 Å². The number of aryl methyl sites for hydroxylation is 1. The molecule has 0 spiro atoms. The Bertz CT molecular complexity index is 1210. The van der Waals surface area contributed by atoms with E-state index >= 15 is 0 Å². The molecule has 2 aromatic heterocycles. The van der Waals surface area contributed by atoms with E-state index in [4.69, 9.17) is 4.74 Å². The first-order chi connectivity index (χ1) is 17.2. The van der Waals surface area contributed by atoms with Crippen LogP contribution in [0.4, 0.5) is 8.78 Å². The van der Waals surface area contributed by atoms with Crippen molar-refractivity contribution in [2.24, 2.45) is 13.0 Å². The highest BCUT2D eigenvalue weighted by Gasteiger charge is 2.27. The van der Waals surface area contributed by atoms with Gasteiger partial charge in [0.1, 0.15) is 0 Å². The molecule has 1 aliphatic carbocycles. The zero-order valence-electron chi connectivity index (χ0n) is 20.8. The van der Waals surface area contributed by atoms with Crippen LogP contribution in [0.25, 0.3) is 10.9 Å². The minimum atomic E-state index is -2.85. The van der Waals surface area contributed by atoms with E-state index in [0.29, 0.717) is 16.7 Å². The molecule has 10 heteroatoms. The van der Waals surface area contributed by atoms with Crippen molar-refractivity contribution in [1.82, 2.24) is 25.0 Å². The summed E-state index contributed by atoms with van der Waals surface area (Å²) < 4.78 is 33.1. The smallest absolute Gasteiger partial charge is 0.278 e. The van der Waals surface area contributed by atoms with Gasteiger partial charge < -0.3 is 10.1 Å². The van der Waals surface area contributed by atoms with Crippen LogP contribution in [-0.2, 0) is 20.0 Å². The standard InChI is InChI=1S/C26H33F2N5O2S/c1-26(27,28)16-35-25-31-21-15-33(12-10-23(21)36-25)11-9-17-3-7-20(8-4-17)30-24(34)18-5-6-19-14-29-32(2)22(19)13-18/h5-6,13-14,17,20H,3-4,7-12,15-16H2,1-2H3,(H,30,34). The van der Waals surface area contributed by atoms with E-state index in [1.54, 1.807) is 10.9 Å². The number of halogens is 2. The van der Waals surface area contributed by atoms with Crippen molar-refractivity contribution in [2.75, 3.05) is 19.7 Å². The van der Waals surface area contributed by atoms with E-state index < -0.39 is 12.5 Å². The summed E-state index contributed by atoms with van der Waals surface area (Å²) in [5.74, 6) is -2.21. The summed E-state index contributed by atoms with van der Waals surface area (Å²) >= 11 is 1.40. The van der Waals surface area contributed by atoms with Gasteiger partial charge >= 0.3 is 0 Å². The van der Waals surface area contributed by atoms with Crippen molar-refractivity contribution in [3.05, 3.63) is 40.5 Å². The number of rotatable bonds is 8. The fraction of sp³-hybridized carbons (Fsp3) is 0.577. The molecule has 1 amide bonds. The number of alkyl halides is 2. The number of ether oxygens (including phenoxy) is 1. The Labute approximate surface area is 213 Å². The van der Waals surface area contributed by atoms with Crippen LogP contribution >= 0.6 is 11.3 Å². The zero-order valence-corrected chi connectivity index (χ0v) is 21.6. The third-order valence-corrected chi connectivity index (χ3v) is 8.35. The van der Waals surface area contributed by atoms with Crippen LogP contribution in [0, 0.1) is 5.92 Å². The second-order valence-electron chi connectivity index (χ2n) is 10.3. The number of hydrogen-bond donors (Lipinski definition) is 1. The highest BCUT2D eigenvalue weighted by Crippen LogP contribution is 2.32. The number of carbonyl (C=O) groups excluding carboxylic acids is 1. The number of amides is 1. The lowest BCUT2D eigenvalue weighted by molar-refractivity contribution is -0.0230. The van der Waals surface area contributed by atoms with Gasteiger partial charge in [-0.1, -0.05) is 17.4 Å². The van der Waals surface area contributed by atoms with E-state index in [1.165, 1.54) is 11.3 Å². The Morgan fingerprint density at radius 1 is 1.28 bits per heavy atom. The SMILES string of the molecule is Cn1ncc2ccc(C(=O)NC3CCC(CCN4CCc5sc(OCC(C)(F)F)nc5C4)CC3)cc21. The molecule has 5 rings (SSSR count). The highest BCUT2D eigenvalue weighted by molar-refractivity contribution is 7.13. The molecule has 36 heavy (non-hydrogen) atoms. The lowest BCUT2D eigenvalue weighted by Crippen LogP contribution is -2.38.